The van der Waals surface area contributed by atoms with E-state index in [1.165, 1.54) is 17.8 Å². The van der Waals surface area contributed by atoms with Gasteiger partial charge in [0.1, 0.15) is 0 Å². The van der Waals surface area contributed by atoms with E-state index >= 15 is 0 Å². The largest absolute Gasteiger partial charge is 0.342 e. The number of benzene rings is 1. The van der Waals surface area contributed by atoms with Gasteiger partial charge in [0.05, 0.1) is 10.8 Å². The summed E-state index contributed by atoms with van der Waals surface area (Å²) >= 11 is 1.47. The van der Waals surface area contributed by atoms with Crippen molar-refractivity contribution in [3.8, 4) is 0 Å². The second-order valence-electron chi connectivity index (χ2n) is 7.20. The van der Waals surface area contributed by atoms with Crippen molar-refractivity contribution in [2.24, 2.45) is 5.92 Å². The van der Waals surface area contributed by atoms with Crippen LogP contribution in [0.3, 0.4) is 0 Å². The summed E-state index contributed by atoms with van der Waals surface area (Å²) < 4.78 is 0. The maximum Gasteiger partial charge on any atom is 0.263 e. The predicted octanol–water partition coefficient (Wildman–Crippen LogP) is 3.62. The van der Waals surface area contributed by atoms with Crippen LogP contribution in [0.2, 0.25) is 0 Å². The number of carbonyl (C=O) groups excluding carboxylic acids is 2. The third-order valence-electron chi connectivity index (χ3n) is 5.55. The van der Waals surface area contributed by atoms with E-state index in [0.29, 0.717) is 13.1 Å². The van der Waals surface area contributed by atoms with Crippen LogP contribution >= 0.6 is 11.3 Å². The molecule has 0 spiro atoms. The first kappa shape index (κ1) is 17.3. The van der Waals surface area contributed by atoms with Gasteiger partial charge >= 0.3 is 0 Å². The Morgan fingerprint density at radius 2 is 1.65 bits per heavy atom. The molecule has 2 fully saturated rings. The zero-order chi connectivity index (χ0) is 17.9. The number of carbonyl (C=O) groups is 2. The fraction of sp³-hybridized carbons (Fsp3) is 0.429. The molecular weight excluding hydrogens is 344 g/mol. The van der Waals surface area contributed by atoms with Crippen molar-refractivity contribution in [3.63, 3.8) is 0 Å². The van der Waals surface area contributed by atoms with Crippen LogP contribution in [0.4, 0.5) is 0 Å². The first-order valence-electron chi connectivity index (χ1n) is 9.40. The van der Waals surface area contributed by atoms with E-state index in [2.05, 4.69) is 12.1 Å². The topological polar surface area (TPSA) is 40.6 Å². The third-order valence-corrected chi connectivity index (χ3v) is 6.41. The number of piperidine rings is 1. The Hall–Kier alpha value is -2.14. The van der Waals surface area contributed by atoms with Gasteiger partial charge in [-0.05, 0) is 36.3 Å². The smallest absolute Gasteiger partial charge is 0.263 e. The quantitative estimate of drug-likeness (QED) is 0.830. The van der Waals surface area contributed by atoms with Crippen molar-refractivity contribution in [1.29, 1.82) is 0 Å². The number of hydrogen-bond donors (Lipinski definition) is 0. The second kappa shape index (κ2) is 7.62. The van der Waals surface area contributed by atoms with E-state index in [0.717, 1.165) is 36.4 Å². The Balaban J connectivity index is 1.58. The maximum atomic E-state index is 13.2. The molecule has 2 aliphatic heterocycles. The van der Waals surface area contributed by atoms with Crippen LogP contribution in [0.5, 0.6) is 0 Å². The zero-order valence-electron chi connectivity index (χ0n) is 14.8. The Bertz CT molecular complexity index is 754. The summed E-state index contributed by atoms with van der Waals surface area (Å²) in [5.74, 6) is 0.212. The van der Waals surface area contributed by atoms with Gasteiger partial charge in [-0.3, -0.25) is 9.59 Å². The first-order chi connectivity index (χ1) is 12.7. The van der Waals surface area contributed by atoms with E-state index < -0.39 is 0 Å². The minimum absolute atomic E-state index is 0.0508. The summed E-state index contributed by atoms with van der Waals surface area (Å²) in [6.45, 7) is 2.85. The van der Waals surface area contributed by atoms with Crippen LogP contribution in [0.1, 0.15) is 40.4 Å². The van der Waals surface area contributed by atoms with Gasteiger partial charge in [0.25, 0.3) is 5.91 Å². The van der Waals surface area contributed by atoms with Gasteiger partial charge in [-0.1, -0.05) is 36.4 Å². The van der Waals surface area contributed by atoms with Crippen molar-refractivity contribution in [2.75, 3.05) is 26.2 Å². The fourth-order valence-corrected chi connectivity index (χ4v) is 4.85. The van der Waals surface area contributed by atoms with Gasteiger partial charge in [0.15, 0.2) is 0 Å². The summed E-state index contributed by atoms with van der Waals surface area (Å²) in [6.07, 6.45) is 3.39. The molecule has 2 saturated heterocycles. The van der Waals surface area contributed by atoms with E-state index in [-0.39, 0.29) is 23.7 Å². The minimum atomic E-state index is -0.139. The van der Waals surface area contributed by atoms with Crippen LogP contribution in [0.15, 0.2) is 47.8 Å². The Morgan fingerprint density at radius 1 is 0.885 bits per heavy atom. The van der Waals surface area contributed by atoms with E-state index in [1.54, 1.807) is 0 Å². The summed E-state index contributed by atoms with van der Waals surface area (Å²) in [5, 5.41) is 1.92. The number of hydrogen-bond acceptors (Lipinski definition) is 3. The highest BCUT2D eigenvalue weighted by atomic mass is 32.1. The number of rotatable bonds is 3. The third kappa shape index (κ3) is 3.40. The molecule has 5 heteroatoms. The van der Waals surface area contributed by atoms with E-state index in [1.807, 2.05) is 45.5 Å². The molecule has 26 heavy (non-hydrogen) atoms. The first-order valence-corrected chi connectivity index (χ1v) is 10.3. The number of thiophene rings is 1. The lowest BCUT2D eigenvalue weighted by atomic mass is 9.87. The molecule has 0 aliphatic carbocycles. The maximum absolute atomic E-state index is 13.2. The van der Waals surface area contributed by atoms with Gasteiger partial charge in [0, 0.05) is 32.1 Å². The molecule has 1 aromatic heterocycles. The number of nitrogens with zero attached hydrogens (tertiary/aromatic N) is 2. The highest BCUT2D eigenvalue weighted by Gasteiger charge is 2.42. The lowest BCUT2D eigenvalue weighted by Crippen LogP contribution is -2.42. The molecule has 0 N–H and O–H groups in total. The van der Waals surface area contributed by atoms with Crippen LogP contribution in [0, 0.1) is 5.92 Å². The molecule has 2 aliphatic rings. The van der Waals surface area contributed by atoms with Gasteiger partial charge < -0.3 is 9.80 Å². The van der Waals surface area contributed by atoms with Gasteiger partial charge in [-0.2, -0.15) is 0 Å². The molecule has 0 unspecified atom stereocenters. The van der Waals surface area contributed by atoms with Crippen LogP contribution < -0.4 is 0 Å². The normalized spacial score (nSPS) is 23.2. The van der Waals surface area contributed by atoms with Gasteiger partial charge in [-0.15, -0.1) is 11.3 Å². The molecule has 4 nitrogen and oxygen atoms in total. The molecule has 2 atom stereocenters. The van der Waals surface area contributed by atoms with Crippen molar-refractivity contribution >= 4 is 23.2 Å². The molecule has 0 saturated carbocycles. The highest BCUT2D eigenvalue weighted by Crippen LogP contribution is 2.35. The average molecular weight is 369 g/mol. The zero-order valence-corrected chi connectivity index (χ0v) is 15.7. The Labute approximate surface area is 158 Å². The summed E-state index contributed by atoms with van der Waals surface area (Å²) in [7, 11) is 0. The van der Waals surface area contributed by atoms with Crippen LogP contribution in [-0.2, 0) is 4.79 Å². The van der Waals surface area contributed by atoms with Gasteiger partial charge in [0.2, 0.25) is 5.91 Å². The lowest BCUT2D eigenvalue weighted by Gasteiger charge is -2.30. The van der Waals surface area contributed by atoms with Crippen molar-refractivity contribution in [1.82, 2.24) is 9.80 Å². The molecule has 136 valence electrons. The lowest BCUT2D eigenvalue weighted by molar-refractivity contribution is -0.136. The molecule has 0 radical (unpaired) electrons. The molecule has 3 heterocycles. The Kier molecular flexibility index (Phi) is 5.07. The second-order valence-corrected chi connectivity index (χ2v) is 8.14. The predicted molar refractivity (Wildman–Crippen MR) is 103 cm³/mol. The molecule has 0 bridgehead atoms. The summed E-state index contributed by atoms with van der Waals surface area (Å²) in [6, 6.07) is 14.0. The van der Waals surface area contributed by atoms with Crippen molar-refractivity contribution in [2.45, 2.75) is 25.2 Å². The highest BCUT2D eigenvalue weighted by molar-refractivity contribution is 7.12. The van der Waals surface area contributed by atoms with Crippen molar-refractivity contribution < 1.29 is 9.59 Å². The number of likely N-dealkylation sites (tertiary alicyclic amines) is 2. The summed E-state index contributed by atoms with van der Waals surface area (Å²) in [4.78, 5) is 30.7. The van der Waals surface area contributed by atoms with Crippen LogP contribution in [-0.4, -0.2) is 47.8 Å². The molecule has 1 aromatic carbocycles. The molecular formula is C21H24N2O2S. The number of amides is 2. The fourth-order valence-electron chi connectivity index (χ4n) is 4.16. The van der Waals surface area contributed by atoms with Crippen molar-refractivity contribution in [3.05, 3.63) is 58.3 Å². The minimum Gasteiger partial charge on any atom is -0.342 e. The average Bonchev–Trinajstić information content (AvgIpc) is 3.38. The molecule has 2 amide bonds. The van der Waals surface area contributed by atoms with E-state index in [9.17, 15) is 9.59 Å². The van der Waals surface area contributed by atoms with Crippen LogP contribution in [0.25, 0.3) is 0 Å². The molecule has 4 rings (SSSR count). The summed E-state index contributed by atoms with van der Waals surface area (Å²) in [5.41, 5.74) is 1.16. The standard InChI is InChI=1S/C21H24N2O2S/c24-20(22-11-5-2-6-12-22)18-15-23(21(25)19-10-7-13-26-19)14-17(18)16-8-3-1-4-9-16/h1,3-4,7-10,13,17-18H,2,5-6,11-12,14-15H2/t17-,18+/m0/s1. The van der Waals surface area contributed by atoms with Gasteiger partial charge in [-0.25, -0.2) is 0 Å². The Morgan fingerprint density at radius 3 is 2.35 bits per heavy atom. The van der Waals surface area contributed by atoms with E-state index in [4.69, 9.17) is 0 Å². The molecule has 2 aromatic rings. The SMILES string of the molecule is O=C(c1cccs1)N1C[C@@H](C(=O)N2CCCCC2)[C@H](c2ccccc2)C1. The monoisotopic (exact) mass is 368 g/mol.